The Bertz CT molecular complexity index is 332. The summed E-state index contributed by atoms with van der Waals surface area (Å²) in [5, 5.41) is 10.2. The molecule has 0 aromatic rings. The van der Waals surface area contributed by atoms with E-state index in [1.165, 1.54) is 4.31 Å². The van der Waals surface area contributed by atoms with Crippen molar-refractivity contribution >= 4 is 10.0 Å². The first-order chi connectivity index (χ1) is 7.75. The first-order valence-corrected chi connectivity index (χ1v) is 8.02. The van der Waals surface area contributed by atoms with Crippen LogP contribution in [0, 0.1) is 5.92 Å². The molecule has 1 fully saturated rings. The molecule has 102 valence electrons. The Balaban J connectivity index is 2.53. The van der Waals surface area contributed by atoms with Crippen LogP contribution < -0.4 is 0 Å². The van der Waals surface area contributed by atoms with Crippen LogP contribution in [0.5, 0.6) is 0 Å². The van der Waals surface area contributed by atoms with Crippen molar-refractivity contribution in [3.05, 3.63) is 0 Å². The molecule has 1 saturated carbocycles. The third-order valence-electron chi connectivity index (χ3n) is 3.48. The van der Waals surface area contributed by atoms with Crippen LogP contribution in [0.25, 0.3) is 0 Å². The topological polar surface area (TPSA) is 57.6 Å². The average molecular weight is 263 g/mol. The van der Waals surface area contributed by atoms with E-state index in [0.717, 1.165) is 25.7 Å². The zero-order chi connectivity index (χ0) is 13.1. The maximum Gasteiger partial charge on any atom is 0.213 e. The van der Waals surface area contributed by atoms with E-state index in [1.807, 2.05) is 13.8 Å². The predicted octanol–water partition coefficient (Wildman–Crippen LogP) is 1.60. The zero-order valence-electron chi connectivity index (χ0n) is 11.1. The number of nitrogens with zero attached hydrogens (tertiary/aromatic N) is 1. The number of likely N-dealkylation sites (N-methyl/N-ethyl adjacent to an activating group) is 1. The molecular formula is C12H25NO3S. The molecule has 0 radical (unpaired) electrons. The molecule has 1 rings (SSSR count). The largest absolute Gasteiger partial charge is 0.389 e. The van der Waals surface area contributed by atoms with Crippen molar-refractivity contribution in [1.82, 2.24) is 4.31 Å². The van der Waals surface area contributed by atoms with Crippen molar-refractivity contribution in [2.45, 2.75) is 51.6 Å². The Labute approximate surface area is 105 Å². The lowest BCUT2D eigenvalue weighted by Crippen LogP contribution is -2.42. The second-order valence-corrected chi connectivity index (χ2v) is 7.88. The Kier molecular flexibility index (Phi) is 4.98. The molecule has 1 N–H and O–H groups in total. The molecule has 0 unspecified atom stereocenters. The van der Waals surface area contributed by atoms with E-state index in [1.54, 1.807) is 7.05 Å². The fraction of sp³-hybridized carbons (Fsp3) is 1.00. The highest BCUT2D eigenvalue weighted by molar-refractivity contribution is 7.89. The first-order valence-electron chi connectivity index (χ1n) is 6.42. The summed E-state index contributed by atoms with van der Waals surface area (Å²) in [4.78, 5) is 0. The number of aliphatic hydroxyl groups is 1. The quantitative estimate of drug-likeness (QED) is 0.792. The third-order valence-corrected chi connectivity index (χ3v) is 5.31. The van der Waals surface area contributed by atoms with Gasteiger partial charge in [0.05, 0.1) is 11.4 Å². The lowest BCUT2D eigenvalue weighted by atomic mass is 10.0. The summed E-state index contributed by atoms with van der Waals surface area (Å²) in [6.45, 7) is 4.27. The second-order valence-electron chi connectivity index (χ2n) is 5.69. The molecule has 0 amide bonds. The van der Waals surface area contributed by atoms with Gasteiger partial charge < -0.3 is 5.11 Å². The van der Waals surface area contributed by atoms with Gasteiger partial charge in [-0.25, -0.2) is 12.7 Å². The normalized spacial score (nSPS) is 20.4. The Hall–Kier alpha value is -0.130. The average Bonchev–Trinajstić information content (AvgIpc) is 2.62. The van der Waals surface area contributed by atoms with Gasteiger partial charge in [0.25, 0.3) is 0 Å². The van der Waals surface area contributed by atoms with Gasteiger partial charge in [0.1, 0.15) is 0 Å². The van der Waals surface area contributed by atoms with Gasteiger partial charge in [0.15, 0.2) is 0 Å². The summed E-state index contributed by atoms with van der Waals surface area (Å²) < 4.78 is 25.3. The van der Waals surface area contributed by atoms with Crippen LogP contribution in [0.15, 0.2) is 0 Å². The van der Waals surface area contributed by atoms with E-state index >= 15 is 0 Å². The van der Waals surface area contributed by atoms with Gasteiger partial charge in [-0.2, -0.15) is 0 Å². The zero-order valence-corrected chi connectivity index (χ0v) is 12.0. The lowest BCUT2D eigenvalue weighted by Gasteiger charge is -2.28. The van der Waals surface area contributed by atoms with Gasteiger partial charge >= 0.3 is 0 Å². The van der Waals surface area contributed by atoms with E-state index in [-0.39, 0.29) is 12.3 Å². The molecule has 1 aliphatic rings. The van der Waals surface area contributed by atoms with E-state index in [2.05, 4.69) is 0 Å². The monoisotopic (exact) mass is 263 g/mol. The maximum absolute atomic E-state index is 12.0. The molecule has 0 aliphatic heterocycles. The highest BCUT2D eigenvalue weighted by Gasteiger charge is 2.35. The Morgan fingerprint density at radius 2 is 1.82 bits per heavy atom. The second kappa shape index (κ2) is 5.67. The standard InChI is InChI=1S/C12H25NO3S/c1-11(2)6-9-17(15,16)13(3)10-12(14)7-4-5-8-12/h11,14H,4-10H2,1-3H3. The molecule has 1 aliphatic carbocycles. The molecular weight excluding hydrogens is 238 g/mol. The van der Waals surface area contributed by atoms with Crippen molar-refractivity contribution in [2.24, 2.45) is 5.92 Å². The summed E-state index contributed by atoms with van der Waals surface area (Å²) >= 11 is 0. The highest BCUT2D eigenvalue weighted by atomic mass is 32.2. The predicted molar refractivity (Wildman–Crippen MR) is 69.3 cm³/mol. The molecule has 0 atom stereocenters. The van der Waals surface area contributed by atoms with Crippen molar-refractivity contribution in [2.75, 3.05) is 19.3 Å². The third kappa shape index (κ3) is 4.56. The first kappa shape index (κ1) is 14.9. The SMILES string of the molecule is CC(C)CCS(=O)(=O)N(C)CC1(O)CCCC1. The van der Waals surface area contributed by atoms with Gasteiger partial charge in [0.2, 0.25) is 10.0 Å². The fourth-order valence-electron chi connectivity index (χ4n) is 2.24. The van der Waals surface area contributed by atoms with E-state index in [0.29, 0.717) is 12.3 Å². The van der Waals surface area contributed by atoms with Crippen molar-refractivity contribution in [3.63, 3.8) is 0 Å². The van der Waals surface area contributed by atoms with Crippen LogP contribution in [-0.4, -0.2) is 42.8 Å². The summed E-state index contributed by atoms with van der Waals surface area (Å²) in [7, 11) is -1.63. The summed E-state index contributed by atoms with van der Waals surface area (Å²) in [5.74, 6) is 0.560. The number of hydrogen-bond donors (Lipinski definition) is 1. The van der Waals surface area contributed by atoms with Crippen LogP contribution in [-0.2, 0) is 10.0 Å². The highest BCUT2D eigenvalue weighted by Crippen LogP contribution is 2.30. The van der Waals surface area contributed by atoms with Crippen molar-refractivity contribution in [1.29, 1.82) is 0 Å². The van der Waals surface area contributed by atoms with Crippen molar-refractivity contribution < 1.29 is 13.5 Å². The van der Waals surface area contributed by atoms with Crippen LogP contribution in [0.2, 0.25) is 0 Å². The van der Waals surface area contributed by atoms with Gasteiger partial charge in [-0.3, -0.25) is 0 Å². The van der Waals surface area contributed by atoms with Crippen LogP contribution in [0.3, 0.4) is 0 Å². The Morgan fingerprint density at radius 3 is 2.29 bits per heavy atom. The molecule has 0 spiro atoms. The Morgan fingerprint density at radius 1 is 1.29 bits per heavy atom. The molecule has 17 heavy (non-hydrogen) atoms. The van der Waals surface area contributed by atoms with E-state index < -0.39 is 15.6 Å². The van der Waals surface area contributed by atoms with Gasteiger partial charge in [0, 0.05) is 13.6 Å². The van der Waals surface area contributed by atoms with Gasteiger partial charge in [-0.05, 0) is 25.2 Å². The van der Waals surface area contributed by atoms with E-state index in [9.17, 15) is 13.5 Å². The summed E-state index contributed by atoms with van der Waals surface area (Å²) in [5.41, 5.74) is -0.792. The fourth-order valence-corrected chi connectivity index (χ4v) is 3.76. The molecule has 0 bridgehead atoms. The molecule has 0 heterocycles. The van der Waals surface area contributed by atoms with Crippen LogP contribution in [0.1, 0.15) is 46.0 Å². The minimum atomic E-state index is -3.21. The maximum atomic E-state index is 12.0. The van der Waals surface area contributed by atoms with Crippen LogP contribution in [0.4, 0.5) is 0 Å². The molecule has 0 aromatic heterocycles. The van der Waals surface area contributed by atoms with Crippen molar-refractivity contribution in [3.8, 4) is 0 Å². The lowest BCUT2D eigenvalue weighted by molar-refractivity contribution is 0.0333. The molecule has 0 saturated heterocycles. The van der Waals surface area contributed by atoms with Gasteiger partial charge in [-0.1, -0.05) is 26.7 Å². The summed E-state index contributed by atoms with van der Waals surface area (Å²) in [6.07, 6.45) is 4.10. The molecule has 5 heteroatoms. The number of hydrogen-bond acceptors (Lipinski definition) is 3. The molecule has 4 nitrogen and oxygen atoms in total. The van der Waals surface area contributed by atoms with E-state index in [4.69, 9.17) is 0 Å². The smallest absolute Gasteiger partial charge is 0.213 e. The van der Waals surface area contributed by atoms with Gasteiger partial charge in [-0.15, -0.1) is 0 Å². The molecule has 0 aromatic carbocycles. The number of rotatable bonds is 6. The van der Waals surface area contributed by atoms with Crippen LogP contribution >= 0.6 is 0 Å². The summed E-state index contributed by atoms with van der Waals surface area (Å²) in [6, 6.07) is 0. The minimum absolute atomic E-state index is 0.178. The minimum Gasteiger partial charge on any atom is -0.389 e. The number of sulfonamides is 1.